The van der Waals surface area contributed by atoms with Crippen LogP contribution in [0.2, 0.25) is 0 Å². The van der Waals surface area contributed by atoms with Crippen LogP contribution >= 0.6 is 0 Å². The molecule has 0 saturated carbocycles. The smallest absolute Gasteiger partial charge is 0.253 e. The minimum atomic E-state index is -0.382. The number of carbonyl (C=O) groups is 3. The summed E-state index contributed by atoms with van der Waals surface area (Å²) < 4.78 is 18.8. The van der Waals surface area contributed by atoms with E-state index < -0.39 is 0 Å². The fourth-order valence-electron chi connectivity index (χ4n) is 3.62. The Labute approximate surface area is 191 Å². The highest BCUT2D eigenvalue weighted by molar-refractivity contribution is 5.96. The summed E-state index contributed by atoms with van der Waals surface area (Å²) in [5.41, 5.74) is 2.52. The minimum Gasteiger partial charge on any atom is -0.489 e. The molecule has 3 aromatic carbocycles. The predicted molar refractivity (Wildman–Crippen MR) is 121 cm³/mol. The topological polar surface area (TPSA) is 66.9 Å². The van der Waals surface area contributed by atoms with Gasteiger partial charge >= 0.3 is 0 Å². The van der Waals surface area contributed by atoms with E-state index in [2.05, 4.69) is 0 Å². The van der Waals surface area contributed by atoms with Gasteiger partial charge in [0.25, 0.3) is 11.8 Å². The van der Waals surface area contributed by atoms with Gasteiger partial charge < -0.3 is 14.5 Å². The van der Waals surface area contributed by atoms with E-state index in [4.69, 9.17) is 4.74 Å². The highest BCUT2D eigenvalue weighted by Crippen LogP contribution is 2.16. The molecule has 1 heterocycles. The van der Waals surface area contributed by atoms with Gasteiger partial charge in [-0.05, 0) is 66.2 Å². The number of hydrogen-bond donors (Lipinski definition) is 0. The van der Waals surface area contributed by atoms with Crippen LogP contribution in [0.3, 0.4) is 0 Å². The van der Waals surface area contributed by atoms with Crippen molar-refractivity contribution in [1.29, 1.82) is 0 Å². The number of ether oxygens (including phenoxy) is 1. The molecule has 7 heteroatoms. The minimum absolute atomic E-state index is 0.0826. The molecule has 0 radical (unpaired) electrons. The van der Waals surface area contributed by atoms with Crippen LogP contribution in [-0.2, 0) is 6.61 Å². The van der Waals surface area contributed by atoms with E-state index >= 15 is 0 Å². The third-order valence-electron chi connectivity index (χ3n) is 5.57. The van der Waals surface area contributed by atoms with E-state index in [1.54, 1.807) is 46.2 Å². The summed E-state index contributed by atoms with van der Waals surface area (Å²) in [6.07, 6.45) is 0.781. The summed E-state index contributed by atoms with van der Waals surface area (Å²) in [7, 11) is 0. The van der Waals surface area contributed by atoms with Gasteiger partial charge in [-0.3, -0.25) is 14.4 Å². The molecule has 1 saturated heterocycles. The number of halogens is 1. The first-order chi connectivity index (χ1) is 16.0. The third kappa shape index (κ3) is 5.44. The van der Waals surface area contributed by atoms with Gasteiger partial charge in [-0.1, -0.05) is 12.1 Å². The Hall–Kier alpha value is -4.00. The van der Waals surface area contributed by atoms with E-state index in [0.29, 0.717) is 55.2 Å². The lowest BCUT2D eigenvalue weighted by atomic mass is 10.1. The van der Waals surface area contributed by atoms with Crippen LogP contribution in [0, 0.1) is 5.82 Å². The summed E-state index contributed by atoms with van der Waals surface area (Å²) in [5.74, 6) is 0.0367. The Morgan fingerprint density at radius 3 is 1.73 bits per heavy atom. The molecule has 0 bridgehead atoms. The Kier molecular flexibility index (Phi) is 6.78. The zero-order chi connectivity index (χ0) is 23.2. The van der Waals surface area contributed by atoms with Crippen molar-refractivity contribution in [2.24, 2.45) is 0 Å². The number of hydrogen-bond acceptors (Lipinski definition) is 4. The number of rotatable bonds is 6. The first-order valence-corrected chi connectivity index (χ1v) is 10.6. The maximum Gasteiger partial charge on any atom is 0.253 e. The number of benzene rings is 3. The van der Waals surface area contributed by atoms with E-state index in [1.165, 1.54) is 24.3 Å². The Balaban J connectivity index is 1.29. The van der Waals surface area contributed by atoms with E-state index in [9.17, 15) is 18.8 Å². The Bertz CT molecular complexity index is 1120. The zero-order valence-corrected chi connectivity index (χ0v) is 17.9. The second-order valence-electron chi connectivity index (χ2n) is 7.76. The van der Waals surface area contributed by atoms with Gasteiger partial charge in [0.15, 0.2) is 0 Å². The zero-order valence-electron chi connectivity index (χ0n) is 17.9. The van der Waals surface area contributed by atoms with Crippen molar-refractivity contribution in [3.05, 3.63) is 101 Å². The largest absolute Gasteiger partial charge is 0.489 e. The molecule has 168 valence electrons. The fraction of sp³-hybridized carbons (Fsp3) is 0.192. The molecule has 1 fully saturated rings. The van der Waals surface area contributed by atoms with Crippen LogP contribution in [0.25, 0.3) is 0 Å². The molecule has 0 spiro atoms. The van der Waals surface area contributed by atoms with Crippen molar-refractivity contribution in [3.63, 3.8) is 0 Å². The van der Waals surface area contributed by atoms with Gasteiger partial charge in [-0.25, -0.2) is 4.39 Å². The molecule has 4 rings (SSSR count). The Morgan fingerprint density at radius 2 is 1.24 bits per heavy atom. The molecule has 3 aromatic rings. The maximum atomic E-state index is 13.1. The average Bonchev–Trinajstić information content (AvgIpc) is 2.88. The molecule has 0 unspecified atom stereocenters. The van der Waals surface area contributed by atoms with Gasteiger partial charge in [0, 0.05) is 42.9 Å². The first kappa shape index (κ1) is 22.2. The highest BCUT2D eigenvalue weighted by Gasteiger charge is 2.25. The van der Waals surface area contributed by atoms with Crippen LogP contribution in [0.5, 0.6) is 5.75 Å². The maximum absolute atomic E-state index is 13.1. The molecule has 0 atom stereocenters. The van der Waals surface area contributed by atoms with Crippen LogP contribution in [0.1, 0.15) is 36.6 Å². The number of nitrogens with zero attached hydrogens (tertiary/aromatic N) is 2. The van der Waals surface area contributed by atoms with Gasteiger partial charge in [-0.15, -0.1) is 0 Å². The molecular weight excluding hydrogens is 423 g/mol. The second kappa shape index (κ2) is 10.1. The molecule has 6 nitrogen and oxygen atoms in total. The number of carbonyl (C=O) groups excluding carboxylic acids is 3. The lowest BCUT2D eigenvalue weighted by Crippen LogP contribution is -2.50. The summed E-state index contributed by atoms with van der Waals surface area (Å²) in [5, 5.41) is 0. The molecule has 1 aliphatic rings. The lowest BCUT2D eigenvalue weighted by Gasteiger charge is -2.35. The molecule has 1 aliphatic heterocycles. The quantitative estimate of drug-likeness (QED) is 0.540. The number of aldehydes is 1. The van der Waals surface area contributed by atoms with Crippen molar-refractivity contribution in [2.45, 2.75) is 6.61 Å². The summed E-state index contributed by atoms with van der Waals surface area (Å²) >= 11 is 0. The first-order valence-electron chi connectivity index (χ1n) is 10.6. The van der Waals surface area contributed by atoms with Crippen LogP contribution in [0.4, 0.5) is 4.39 Å². The lowest BCUT2D eigenvalue weighted by molar-refractivity contribution is 0.0535. The SMILES string of the molecule is O=Cc1ccc(OCc2ccc(C(=O)N3CCN(C(=O)c4ccc(F)cc4)CC3)cc2)cc1. The van der Waals surface area contributed by atoms with Crippen LogP contribution in [-0.4, -0.2) is 54.1 Å². The van der Waals surface area contributed by atoms with Crippen molar-refractivity contribution in [3.8, 4) is 5.75 Å². The standard InChI is InChI=1S/C26H23FN2O4/c27-23-9-7-22(8-10-23)26(32)29-15-13-28(14-16-29)25(31)21-5-1-20(2-6-21)18-33-24-11-3-19(17-30)4-12-24/h1-12,17H,13-16,18H2. The van der Waals surface area contributed by atoms with E-state index in [-0.39, 0.29) is 17.6 Å². The summed E-state index contributed by atoms with van der Waals surface area (Å²) in [6, 6.07) is 19.6. The van der Waals surface area contributed by atoms with Crippen molar-refractivity contribution < 1.29 is 23.5 Å². The highest BCUT2D eigenvalue weighted by atomic mass is 19.1. The van der Waals surface area contributed by atoms with Crippen LogP contribution in [0.15, 0.2) is 72.8 Å². The van der Waals surface area contributed by atoms with Gasteiger partial charge in [0.1, 0.15) is 24.5 Å². The van der Waals surface area contributed by atoms with Crippen molar-refractivity contribution >= 4 is 18.1 Å². The Morgan fingerprint density at radius 1 is 0.758 bits per heavy atom. The van der Waals surface area contributed by atoms with Crippen LogP contribution < -0.4 is 4.74 Å². The van der Waals surface area contributed by atoms with Gasteiger partial charge in [0.2, 0.25) is 0 Å². The molecule has 33 heavy (non-hydrogen) atoms. The summed E-state index contributed by atoms with van der Waals surface area (Å²) in [4.78, 5) is 39.5. The van der Waals surface area contributed by atoms with Gasteiger partial charge in [0.05, 0.1) is 0 Å². The molecule has 0 N–H and O–H groups in total. The number of amides is 2. The van der Waals surface area contributed by atoms with Crippen molar-refractivity contribution in [2.75, 3.05) is 26.2 Å². The molecule has 2 amide bonds. The average molecular weight is 446 g/mol. The predicted octanol–water partition coefficient (Wildman–Crippen LogP) is 3.82. The van der Waals surface area contributed by atoms with E-state index in [0.717, 1.165) is 11.8 Å². The normalized spacial score (nSPS) is 13.5. The van der Waals surface area contributed by atoms with E-state index in [1.807, 2.05) is 12.1 Å². The monoisotopic (exact) mass is 446 g/mol. The van der Waals surface area contributed by atoms with Gasteiger partial charge in [-0.2, -0.15) is 0 Å². The molecular formula is C26H23FN2O4. The third-order valence-corrected chi connectivity index (χ3v) is 5.57. The molecule has 0 aliphatic carbocycles. The van der Waals surface area contributed by atoms with Crippen molar-refractivity contribution in [1.82, 2.24) is 9.80 Å². The second-order valence-corrected chi connectivity index (χ2v) is 7.76. The fourth-order valence-corrected chi connectivity index (χ4v) is 3.62. The summed E-state index contributed by atoms with van der Waals surface area (Å²) in [6.45, 7) is 2.08. The number of piperazine rings is 1. The molecule has 0 aromatic heterocycles.